The van der Waals surface area contributed by atoms with Crippen molar-refractivity contribution in [1.82, 2.24) is 10.1 Å². The minimum atomic E-state index is -0.321. The van der Waals surface area contributed by atoms with Gasteiger partial charge in [-0.3, -0.25) is 4.79 Å². The van der Waals surface area contributed by atoms with E-state index in [4.69, 9.17) is 14.0 Å². The van der Waals surface area contributed by atoms with Crippen LogP contribution in [0, 0.1) is 5.82 Å². The number of thiophene rings is 1. The van der Waals surface area contributed by atoms with Crippen molar-refractivity contribution in [3.8, 4) is 22.8 Å². The number of benzene rings is 2. The molecule has 8 heteroatoms. The summed E-state index contributed by atoms with van der Waals surface area (Å²) < 4.78 is 29.6. The predicted octanol–water partition coefficient (Wildman–Crippen LogP) is 5.40. The largest absolute Gasteiger partial charge is 0.497 e. The van der Waals surface area contributed by atoms with Crippen LogP contribution in [0.25, 0.3) is 11.3 Å². The molecule has 6 nitrogen and oxygen atoms in total. The second-order valence-electron chi connectivity index (χ2n) is 7.01. The lowest BCUT2D eigenvalue weighted by atomic mass is 10.1. The zero-order valence-electron chi connectivity index (χ0n) is 17.6. The Bertz CT molecular complexity index is 1190. The normalized spacial score (nSPS) is 10.7. The Morgan fingerprint density at radius 2 is 1.88 bits per heavy atom. The van der Waals surface area contributed by atoms with E-state index in [0.29, 0.717) is 39.9 Å². The van der Waals surface area contributed by atoms with E-state index >= 15 is 0 Å². The molecule has 32 heavy (non-hydrogen) atoms. The van der Waals surface area contributed by atoms with Crippen LogP contribution in [0.4, 0.5) is 4.39 Å². The molecule has 0 bridgehead atoms. The van der Waals surface area contributed by atoms with Gasteiger partial charge < -0.3 is 18.9 Å². The lowest BCUT2D eigenvalue weighted by Crippen LogP contribution is -2.29. The van der Waals surface area contributed by atoms with E-state index in [-0.39, 0.29) is 18.3 Å². The van der Waals surface area contributed by atoms with Gasteiger partial charge in [-0.2, -0.15) is 0 Å². The maximum atomic E-state index is 13.3. The molecule has 1 amide bonds. The van der Waals surface area contributed by atoms with Crippen LogP contribution in [0.3, 0.4) is 0 Å². The molecule has 0 saturated carbocycles. The molecule has 2 aromatic carbocycles. The average molecular weight is 453 g/mol. The number of carbonyl (C=O) groups excluding carboxylic acids is 1. The third-order valence-corrected chi connectivity index (χ3v) is 5.75. The van der Waals surface area contributed by atoms with Gasteiger partial charge >= 0.3 is 0 Å². The van der Waals surface area contributed by atoms with Gasteiger partial charge in [0.15, 0.2) is 5.76 Å². The molecule has 0 saturated heterocycles. The highest BCUT2D eigenvalue weighted by Crippen LogP contribution is 2.34. The van der Waals surface area contributed by atoms with Crippen LogP contribution < -0.4 is 9.47 Å². The molecule has 0 atom stereocenters. The molecule has 0 unspecified atom stereocenters. The van der Waals surface area contributed by atoms with Crippen molar-refractivity contribution in [2.24, 2.45) is 0 Å². The molecular weight excluding hydrogens is 431 g/mol. The average Bonchev–Trinajstić information content (AvgIpc) is 3.52. The van der Waals surface area contributed by atoms with E-state index < -0.39 is 0 Å². The summed E-state index contributed by atoms with van der Waals surface area (Å²) >= 11 is 1.37. The summed E-state index contributed by atoms with van der Waals surface area (Å²) in [5.74, 6) is 1.32. The van der Waals surface area contributed by atoms with Crippen molar-refractivity contribution in [2.75, 3.05) is 14.2 Å². The van der Waals surface area contributed by atoms with Gasteiger partial charge in [0.25, 0.3) is 5.91 Å². The van der Waals surface area contributed by atoms with Crippen molar-refractivity contribution in [3.05, 3.63) is 88.0 Å². The van der Waals surface area contributed by atoms with Crippen LogP contribution in [0.2, 0.25) is 0 Å². The zero-order valence-corrected chi connectivity index (χ0v) is 18.4. The lowest BCUT2D eigenvalue weighted by molar-refractivity contribution is 0.0731. The Labute approximate surface area is 188 Å². The van der Waals surface area contributed by atoms with Gasteiger partial charge in [0.1, 0.15) is 23.0 Å². The summed E-state index contributed by atoms with van der Waals surface area (Å²) in [5, 5.41) is 6.01. The van der Waals surface area contributed by atoms with Crippen molar-refractivity contribution in [2.45, 2.75) is 13.1 Å². The number of rotatable bonds is 8. The topological polar surface area (TPSA) is 64.8 Å². The summed E-state index contributed by atoms with van der Waals surface area (Å²) in [7, 11) is 3.16. The summed E-state index contributed by atoms with van der Waals surface area (Å²) in [6.45, 7) is 0.533. The molecule has 0 aliphatic heterocycles. The van der Waals surface area contributed by atoms with Gasteiger partial charge in [-0.15, -0.1) is 11.3 Å². The smallest absolute Gasteiger partial charge is 0.264 e. The first-order chi connectivity index (χ1) is 15.6. The molecular formula is C24H21FN2O4S. The minimum absolute atomic E-state index is 0.132. The molecule has 164 valence electrons. The molecule has 2 aromatic heterocycles. The van der Waals surface area contributed by atoms with E-state index in [2.05, 4.69) is 5.16 Å². The fourth-order valence-corrected chi connectivity index (χ4v) is 3.97. The number of ether oxygens (including phenoxy) is 2. The van der Waals surface area contributed by atoms with E-state index in [1.165, 1.54) is 23.5 Å². The number of halogens is 1. The molecule has 2 heterocycles. The Balaban J connectivity index is 1.61. The van der Waals surface area contributed by atoms with Crippen LogP contribution in [-0.4, -0.2) is 30.2 Å². The standard InChI is InChI=1S/C24H21FN2O4S/c1-29-19-9-10-21(30-2)20(13-19)22-12-18(26-31-22)15-27(24(28)23-4-3-11-32-23)14-16-5-7-17(25)8-6-16/h3-13H,14-15H2,1-2H3. The maximum absolute atomic E-state index is 13.3. The molecule has 0 N–H and O–H groups in total. The number of amides is 1. The highest BCUT2D eigenvalue weighted by molar-refractivity contribution is 7.12. The Hall–Kier alpha value is -3.65. The Morgan fingerprint density at radius 3 is 2.56 bits per heavy atom. The maximum Gasteiger partial charge on any atom is 0.264 e. The van der Waals surface area contributed by atoms with Crippen LogP contribution in [0.15, 0.2) is 70.6 Å². The van der Waals surface area contributed by atoms with Gasteiger partial charge in [0, 0.05) is 12.6 Å². The number of aromatic nitrogens is 1. The van der Waals surface area contributed by atoms with Crippen LogP contribution in [0.5, 0.6) is 11.5 Å². The van der Waals surface area contributed by atoms with E-state index in [9.17, 15) is 9.18 Å². The Kier molecular flexibility index (Phi) is 6.51. The van der Waals surface area contributed by atoms with Gasteiger partial charge in [-0.25, -0.2) is 4.39 Å². The molecule has 0 fully saturated rings. The summed E-state index contributed by atoms with van der Waals surface area (Å²) in [6.07, 6.45) is 0. The number of nitrogens with zero attached hydrogens (tertiary/aromatic N) is 2. The summed E-state index contributed by atoms with van der Waals surface area (Å²) in [4.78, 5) is 15.4. The van der Waals surface area contributed by atoms with Gasteiger partial charge in [-0.1, -0.05) is 23.4 Å². The fraction of sp³-hybridized carbons (Fsp3) is 0.167. The van der Waals surface area contributed by atoms with E-state index in [1.54, 1.807) is 61.6 Å². The second kappa shape index (κ2) is 9.65. The van der Waals surface area contributed by atoms with Crippen molar-refractivity contribution < 1.29 is 23.2 Å². The molecule has 0 spiro atoms. The molecule has 0 radical (unpaired) electrons. The molecule has 4 rings (SSSR count). The third-order valence-electron chi connectivity index (χ3n) is 4.89. The van der Waals surface area contributed by atoms with Crippen molar-refractivity contribution in [3.63, 3.8) is 0 Å². The first kappa shape index (κ1) is 21.6. The zero-order chi connectivity index (χ0) is 22.5. The summed E-state index contributed by atoms with van der Waals surface area (Å²) in [5.41, 5.74) is 2.09. The second-order valence-corrected chi connectivity index (χ2v) is 7.96. The fourth-order valence-electron chi connectivity index (χ4n) is 3.28. The van der Waals surface area contributed by atoms with Crippen molar-refractivity contribution >= 4 is 17.2 Å². The molecule has 4 aromatic rings. The number of carbonyl (C=O) groups is 1. The van der Waals surface area contributed by atoms with E-state index in [1.807, 2.05) is 11.4 Å². The van der Waals surface area contributed by atoms with Gasteiger partial charge in [0.2, 0.25) is 0 Å². The highest BCUT2D eigenvalue weighted by atomic mass is 32.1. The van der Waals surface area contributed by atoms with Crippen LogP contribution in [0.1, 0.15) is 20.9 Å². The first-order valence-electron chi connectivity index (χ1n) is 9.82. The number of hydrogen-bond donors (Lipinski definition) is 0. The monoisotopic (exact) mass is 452 g/mol. The first-order valence-corrected chi connectivity index (χ1v) is 10.7. The molecule has 0 aliphatic rings. The van der Waals surface area contributed by atoms with Crippen LogP contribution in [-0.2, 0) is 13.1 Å². The van der Waals surface area contributed by atoms with Crippen LogP contribution >= 0.6 is 11.3 Å². The predicted molar refractivity (Wildman–Crippen MR) is 119 cm³/mol. The molecule has 0 aliphatic carbocycles. The number of methoxy groups -OCH3 is 2. The lowest BCUT2D eigenvalue weighted by Gasteiger charge is -2.21. The highest BCUT2D eigenvalue weighted by Gasteiger charge is 2.21. The summed E-state index contributed by atoms with van der Waals surface area (Å²) in [6, 6.07) is 16.9. The third kappa shape index (κ3) is 4.81. The SMILES string of the molecule is COc1ccc(OC)c(-c2cc(CN(Cc3ccc(F)cc3)C(=O)c3cccs3)no2)c1. The van der Waals surface area contributed by atoms with Gasteiger partial charge in [-0.05, 0) is 47.3 Å². The quantitative estimate of drug-likeness (QED) is 0.358. The van der Waals surface area contributed by atoms with Gasteiger partial charge in [0.05, 0.1) is 31.2 Å². The van der Waals surface area contributed by atoms with Crippen molar-refractivity contribution in [1.29, 1.82) is 0 Å². The Morgan fingerprint density at radius 1 is 1.06 bits per heavy atom. The minimum Gasteiger partial charge on any atom is -0.497 e. The van der Waals surface area contributed by atoms with E-state index in [0.717, 1.165) is 5.56 Å². The number of hydrogen-bond acceptors (Lipinski definition) is 6.